The lowest BCUT2D eigenvalue weighted by atomic mass is 10.2. The maximum Gasteiger partial charge on any atom is 0.0431 e. The number of hydrogen-bond acceptors (Lipinski definition) is 3. The first-order valence-electron chi connectivity index (χ1n) is 7.28. The summed E-state index contributed by atoms with van der Waals surface area (Å²) in [6.45, 7) is 5.62. The van der Waals surface area contributed by atoms with Gasteiger partial charge in [0, 0.05) is 24.1 Å². The van der Waals surface area contributed by atoms with E-state index in [4.69, 9.17) is 5.11 Å². The third-order valence-electron chi connectivity index (χ3n) is 2.93. The van der Waals surface area contributed by atoms with E-state index in [-0.39, 0.29) is 0 Å². The molecule has 0 aliphatic carbocycles. The van der Waals surface area contributed by atoms with E-state index < -0.39 is 0 Å². The van der Waals surface area contributed by atoms with Gasteiger partial charge in [-0.2, -0.15) is 0 Å². The van der Waals surface area contributed by atoms with E-state index in [1.54, 1.807) is 0 Å². The molecule has 0 radical (unpaired) electrons. The molecule has 0 saturated heterocycles. The minimum atomic E-state index is 0.331. The Morgan fingerprint density at radius 3 is 2.68 bits per heavy atom. The SMILES string of the molecule is CC(C)NCc1cccc(SCCCCCCO)c1. The fourth-order valence-electron chi connectivity index (χ4n) is 1.82. The van der Waals surface area contributed by atoms with Crippen LogP contribution in [-0.4, -0.2) is 23.5 Å². The molecular weight excluding hydrogens is 254 g/mol. The monoisotopic (exact) mass is 281 g/mol. The summed E-state index contributed by atoms with van der Waals surface area (Å²) in [5.74, 6) is 1.17. The van der Waals surface area contributed by atoms with Crippen molar-refractivity contribution in [2.45, 2.75) is 57.0 Å². The number of thioether (sulfide) groups is 1. The molecule has 0 unspecified atom stereocenters. The van der Waals surface area contributed by atoms with Crippen molar-refractivity contribution in [3.05, 3.63) is 29.8 Å². The summed E-state index contributed by atoms with van der Waals surface area (Å²) in [6, 6.07) is 9.33. The molecule has 0 aliphatic rings. The molecule has 3 heteroatoms. The largest absolute Gasteiger partial charge is 0.396 e. The van der Waals surface area contributed by atoms with Crippen LogP contribution in [0.4, 0.5) is 0 Å². The van der Waals surface area contributed by atoms with Crippen LogP contribution in [0.3, 0.4) is 0 Å². The highest BCUT2D eigenvalue weighted by molar-refractivity contribution is 7.99. The lowest BCUT2D eigenvalue weighted by Gasteiger charge is -2.09. The highest BCUT2D eigenvalue weighted by atomic mass is 32.2. The Hall–Kier alpha value is -0.510. The van der Waals surface area contributed by atoms with Crippen LogP contribution in [0.2, 0.25) is 0 Å². The van der Waals surface area contributed by atoms with E-state index in [0.29, 0.717) is 12.6 Å². The minimum absolute atomic E-state index is 0.331. The fraction of sp³-hybridized carbons (Fsp3) is 0.625. The van der Waals surface area contributed by atoms with E-state index in [9.17, 15) is 0 Å². The van der Waals surface area contributed by atoms with Crippen LogP contribution in [0.1, 0.15) is 45.1 Å². The van der Waals surface area contributed by atoms with Crippen molar-refractivity contribution in [2.75, 3.05) is 12.4 Å². The number of rotatable bonds is 10. The van der Waals surface area contributed by atoms with E-state index in [1.807, 2.05) is 11.8 Å². The number of nitrogens with one attached hydrogen (secondary N) is 1. The Bertz CT molecular complexity index is 341. The van der Waals surface area contributed by atoms with E-state index >= 15 is 0 Å². The summed E-state index contributed by atoms with van der Waals surface area (Å²) in [4.78, 5) is 1.37. The molecule has 0 atom stereocenters. The quantitative estimate of drug-likeness (QED) is 0.505. The van der Waals surface area contributed by atoms with E-state index in [1.165, 1.54) is 29.1 Å². The number of hydrogen-bond donors (Lipinski definition) is 2. The Morgan fingerprint density at radius 1 is 1.16 bits per heavy atom. The van der Waals surface area contributed by atoms with Crippen LogP contribution in [0.25, 0.3) is 0 Å². The molecule has 108 valence electrons. The Kier molecular flexibility index (Phi) is 8.97. The average Bonchev–Trinajstić information content (AvgIpc) is 2.41. The van der Waals surface area contributed by atoms with Crippen molar-refractivity contribution in [1.29, 1.82) is 0 Å². The molecule has 0 spiro atoms. The first kappa shape index (κ1) is 16.5. The van der Waals surface area contributed by atoms with Gasteiger partial charge < -0.3 is 10.4 Å². The molecule has 2 nitrogen and oxygen atoms in total. The summed E-state index contributed by atoms with van der Waals surface area (Å²) >= 11 is 1.94. The molecule has 0 saturated carbocycles. The average molecular weight is 281 g/mol. The topological polar surface area (TPSA) is 32.3 Å². The first-order valence-corrected chi connectivity index (χ1v) is 8.27. The van der Waals surface area contributed by atoms with Crippen LogP contribution in [0.15, 0.2) is 29.2 Å². The maximum atomic E-state index is 8.71. The summed E-state index contributed by atoms with van der Waals surface area (Å²) < 4.78 is 0. The molecule has 0 bridgehead atoms. The highest BCUT2D eigenvalue weighted by Gasteiger charge is 1.99. The molecule has 1 rings (SSSR count). The minimum Gasteiger partial charge on any atom is -0.396 e. The van der Waals surface area contributed by atoms with Gasteiger partial charge in [0.05, 0.1) is 0 Å². The second-order valence-corrected chi connectivity index (χ2v) is 6.34. The van der Waals surface area contributed by atoms with Crippen LogP contribution in [0.5, 0.6) is 0 Å². The zero-order chi connectivity index (χ0) is 13.9. The van der Waals surface area contributed by atoms with Crippen LogP contribution in [-0.2, 0) is 6.54 Å². The summed E-state index contributed by atoms with van der Waals surface area (Å²) in [6.07, 6.45) is 4.55. The predicted molar refractivity (Wildman–Crippen MR) is 84.7 cm³/mol. The van der Waals surface area contributed by atoms with Crippen molar-refractivity contribution >= 4 is 11.8 Å². The van der Waals surface area contributed by atoms with Crippen molar-refractivity contribution < 1.29 is 5.11 Å². The maximum absolute atomic E-state index is 8.71. The molecule has 1 aromatic rings. The van der Waals surface area contributed by atoms with Crippen molar-refractivity contribution in [3.8, 4) is 0 Å². The van der Waals surface area contributed by atoms with Crippen molar-refractivity contribution in [3.63, 3.8) is 0 Å². The molecule has 0 amide bonds. The lowest BCUT2D eigenvalue weighted by molar-refractivity contribution is 0.283. The second-order valence-electron chi connectivity index (χ2n) is 5.17. The lowest BCUT2D eigenvalue weighted by Crippen LogP contribution is -2.21. The van der Waals surface area contributed by atoms with Crippen molar-refractivity contribution in [2.24, 2.45) is 0 Å². The van der Waals surface area contributed by atoms with Gasteiger partial charge in [0.25, 0.3) is 0 Å². The van der Waals surface area contributed by atoms with Crippen molar-refractivity contribution in [1.82, 2.24) is 5.32 Å². The van der Waals surface area contributed by atoms with Gasteiger partial charge in [-0.15, -0.1) is 11.8 Å². The number of aliphatic hydroxyl groups excluding tert-OH is 1. The first-order chi connectivity index (χ1) is 9.22. The number of aliphatic hydroxyl groups is 1. The molecule has 0 aliphatic heterocycles. The zero-order valence-electron chi connectivity index (χ0n) is 12.2. The smallest absolute Gasteiger partial charge is 0.0431 e. The molecule has 0 heterocycles. The summed E-state index contributed by atoms with van der Waals surface area (Å²) in [5, 5.41) is 12.2. The number of unbranched alkanes of at least 4 members (excludes halogenated alkanes) is 3. The predicted octanol–water partition coefficient (Wildman–Crippen LogP) is 3.83. The van der Waals surface area contributed by atoms with Gasteiger partial charge in [-0.1, -0.05) is 38.8 Å². The van der Waals surface area contributed by atoms with Gasteiger partial charge in [0.2, 0.25) is 0 Å². The zero-order valence-corrected chi connectivity index (χ0v) is 13.0. The van der Waals surface area contributed by atoms with Gasteiger partial charge in [-0.05, 0) is 36.3 Å². The molecule has 2 N–H and O–H groups in total. The van der Waals surface area contributed by atoms with Crippen LogP contribution >= 0.6 is 11.8 Å². The second kappa shape index (κ2) is 10.3. The highest BCUT2D eigenvalue weighted by Crippen LogP contribution is 2.21. The number of benzene rings is 1. The van der Waals surface area contributed by atoms with Crippen LogP contribution < -0.4 is 5.32 Å². The third kappa shape index (κ3) is 8.30. The van der Waals surface area contributed by atoms with E-state index in [0.717, 1.165) is 19.4 Å². The Labute approximate surface area is 122 Å². The molecule has 19 heavy (non-hydrogen) atoms. The summed E-state index contributed by atoms with van der Waals surface area (Å²) in [5.41, 5.74) is 1.36. The fourth-order valence-corrected chi connectivity index (χ4v) is 2.82. The molecule has 0 aromatic heterocycles. The van der Waals surface area contributed by atoms with Gasteiger partial charge in [-0.25, -0.2) is 0 Å². The standard InChI is InChI=1S/C16H27NOS/c1-14(2)17-13-15-8-7-9-16(12-15)19-11-6-4-3-5-10-18/h7-9,12,14,17-18H,3-6,10-11,13H2,1-2H3. The normalized spacial score (nSPS) is 11.2. The molecular formula is C16H27NOS. The summed E-state index contributed by atoms with van der Waals surface area (Å²) in [7, 11) is 0. The Balaban J connectivity index is 2.24. The third-order valence-corrected chi connectivity index (χ3v) is 4.01. The van der Waals surface area contributed by atoms with Crippen LogP contribution in [0, 0.1) is 0 Å². The van der Waals surface area contributed by atoms with Gasteiger partial charge in [0.1, 0.15) is 0 Å². The van der Waals surface area contributed by atoms with Gasteiger partial charge >= 0.3 is 0 Å². The van der Waals surface area contributed by atoms with E-state index in [2.05, 4.69) is 43.4 Å². The Morgan fingerprint density at radius 2 is 1.95 bits per heavy atom. The van der Waals surface area contributed by atoms with Gasteiger partial charge in [0.15, 0.2) is 0 Å². The molecule has 0 fully saturated rings. The molecule has 1 aromatic carbocycles. The van der Waals surface area contributed by atoms with Gasteiger partial charge in [-0.3, -0.25) is 0 Å².